The third-order valence-electron chi connectivity index (χ3n) is 13.7. The highest BCUT2D eigenvalue weighted by atomic mass is 32.1. The van der Waals surface area contributed by atoms with E-state index in [9.17, 15) is 0 Å². The van der Waals surface area contributed by atoms with Gasteiger partial charge in [0.25, 0.3) is 0 Å². The summed E-state index contributed by atoms with van der Waals surface area (Å²) in [6, 6.07) is 91.1. The number of hydrogen-bond acceptors (Lipinski definition) is 5. The molecule has 0 aliphatic carbocycles. The van der Waals surface area contributed by atoms with Gasteiger partial charge in [-0.05, 0) is 143 Å². The molecule has 13 aromatic rings. The summed E-state index contributed by atoms with van der Waals surface area (Å²) in [6.07, 6.45) is 0. The monoisotopic (exact) mass is 915 g/mol. The molecule has 0 radical (unpaired) electrons. The maximum atomic E-state index is 2.48. The molecule has 324 valence electrons. The minimum Gasteiger partial charge on any atom is -0.310 e. The normalized spacial score (nSPS) is 12.0. The summed E-state index contributed by atoms with van der Waals surface area (Å²) in [5.41, 5.74) is 15.2. The van der Waals surface area contributed by atoms with Gasteiger partial charge in [-0.2, -0.15) is 0 Å². The molecule has 14 rings (SSSR count). The zero-order chi connectivity index (χ0) is 45.4. The van der Waals surface area contributed by atoms with Crippen molar-refractivity contribution in [1.82, 2.24) is 0 Å². The molecule has 3 nitrogen and oxygen atoms in total. The first kappa shape index (κ1) is 39.7. The molecule has 0 atom stereocenters. The van der Waals surface area contributed by atoms with Gasteiger partial charge in [-0.3, -0.25) is 0 Å². The van der Waals surface area contributed by atoms with Crippen molar-refractivity contribution in [3.05, 3.63) is 249 Å². The van der Waals surface area contributed by atoms with Gasteiger partial charge < -0.3 is 14.7 Å². The Kier molecular flexibility index (Phi) is 9.26. The van der Waals surface area contributed by atoms with E-state index in [1.807, 2.05) is 22.7 Å². The second kappa shape index (κ2) is 16.1. The number of para-hydroxylation sites is 4. The fraction of sp³-hybridized carbons (Fsp3) is 0. The second-order valence-corrected chi connectivity index (χ2v) is 19.8. The van der Waals surface area contributed by atoms with E-state index in [-0.39, 0.29) is 0 Å². The highest BCUT2D eigenvalue weighted by Crippen LogP contribution is 2.53. The molecule has 5 heteroatoms. The van der Waals surface area contributed by atoms with Gasteiger partial charge >= 0.3 is 0 Å². The fourth-order valence-electron chi connectivity index (χ4n) is 10.7. The molecular formula is C64H41N3S2. The van der Waals surface area contributed by atoms with Crippen molar-refractivity contribution < 1.29 is 0 Å². The predicted molar refractivity (Wildman–Crippen MR) is 298 cm³/mol. The first-order chi connectivity index (χ1) is 34.2. The summed E-state index contributed by atoms with van der Waals surface area (Å²) in [6.45, 7) is 0. The summed E-state index contributed by atoms with van der Waals surface area (Å²) >= 11 is 3.71. The van der Waals surface area contributed by atoms with E-state index in [1.165, 1.54) is 84.7 Å². The largest absolute Gasteiger partial charge is 0.310 e. The lowest BCUT2D eigenvalue weighted by Crippen LogP contribution is -2.15. The van der Waals surface area contributed by atoms with Crippen LogP contribution in [0.1, 0.15) is 0 Å². The summed E-state index contributed by atoms with van der Waals surface area (Å²) in [7, 11) is 0. The number of fused-ring (bicyclic) bond motifs is 8. The van der Waals surface area contributed by atoms with Gasteiger partial charge in [-0.1, -0.05) is 127 Å². The third-order valence-corrected chi connectivity index (χ3v) is 16.0. The molecule has 11 aromatic carbocycles. The molecule has 1 aliphatic rings. The predicted octanol–water partition coefficient (Wildman–Crippen LogP) is 19.6. The van der Waals surface area contributed by atoms with Crippen molar-refractivity contribution in [1.29, 1.82) is 0 Å². The lowest BCUT2D eigenvalue weighted by atomic mass is 9.87. The van der Waals surface area contributed by atoms with Crippen LogP contribution < -0.4 is 14.7 Å². The minimum absolute atomic E-state index is 1.11. The Morgan fingerprint density at radius 3 is 1.41 bits per heavy atom. The molecule has 0 spiro atoms. The Bertz CT molecular complexity index is 4050. The molecular weight excluding hydrogens is 875 g/mol. The number of hydrogen-bond donors (Lipinski definition) is 0. The number of thiophene rings is 2. The van der Waals surface area contributed by atoms with Crippen LogP contribution in [0.2, 0.25) is 0 Å². The highest BCUT2D eigenvalue weighted by Gasteiger charge is 2.28. The van der Waals surface area contributed by atoms with Crippen molar-refractivity contribution >= 4 is 125 Å². The SMILES string of the molecule is c1ccc(N(c2ccc(-c3ccc4c5c(cccc35)-c3ccccc3N4c3ccc4sc5ccc(N(c6ccccc6)c6ccccc6)cc5c4c3)cc2)c2ccc3sc4ccccc4c3c2)cc1. The first-order valence-corrected chi connectivity index (χ1v) is 25.0. The number of nitrogens with zero attached hydrogens (tertiary/aromatic N) is 3. The van der Waals surface area contributed by atoms with Gasteiger partial charge in [0, 0.05) is 91.1 Å². The molecule has 0 unspecified atom stereocenters. The van der Waals surface area contributed by atoms with Crippen molar-refractivity contribution in [2.75, 3.05) is 14.7 Å². The Morgan fingerprint density at radius 2 is 0.754 bits per heavy atom. The van der Waals surface area contributed by atoms with Crippen LogP contribution >= 0.6 is 22.7 Å². The van der Waals surface area contributed by atoms with E-state index in [2.05, 4.69) is 263 Å². The summed E-state index contributed by atoms with van der Waals surface area (Å²) in [5, 5.41) is 7.60. The maximum Gasteiger partial charge on any atom is 0.0547 e. The van der Waals surface area contributed by atoms with E-state index >= 15 is 0 Å². The van der Waals surface area contributed by atoms with E-state index in [0.717, 1.165) is 39.8 Å². The zero-order valence-corrected chi connectivity index (χ0v) is 39.0. The lowest BCUT2D eigenvalue weighted by molar-refractivity contribution is 1.29. The summed E-state index contributed by atoms with van der Waals surface area (Å²) in [4.78, 5) is 7.21. The third kappa shape index (κ3) is 6.54. The maximum absolute atomic E-state index is 2.48. The minimum atomic E-state index is 1.11. The molecule has 2 aromatic heterocycles. The Labute approximate surface area is 408 Å². The topological polar surface area (TPSA) is 9.72 Å². The van der Waals surface area contributed by atoms with Gasteiger partial charge in [0.2, 0.25) is 0 Å². The summed E-state index contributed by atoms with van der Waals surface area (Å²) in [5.74, 6) is 0. The van der Waals surface area contributed by atoms with E-state index < -0.39 is 0 Å². The van der Waals surface area contributed by atoms with Crippen LogP contribution in [0.5, 0.6) is 0 Å². The molecule has 69 heavy (non-hydrogen) atoms. The molecule has 0 fully saturated rings. The lowest BCUT2D eigenvalue weighted by Gasteiger charge is -2.34. The van der Waals surface area contributed by atoms with Gasteiger partial charge in [-0.15, -0.1) is 22.7 Å². The summed E-state index contributed by atoms with van der Waals surface area (Å²) < 4.78 is 5.17. The quantitative estimate of drug-likeness (QED) is 0.150. The Morgan fingerprint density at radius 1 is 0.275 bits per heavy atom. The Balaban J connectivity index is 0.878. The molecule has 0 saturated heterocycles. The van der Waals surface area contributed by atoms with Crippen LogP contribution in [-0.4, -0.2) is 0 Å². The highest BCUT2D eigenvalue weighted by molar-refractivity contribution is 7.26. The molecule has 0 bridgehead atoms. The number of benzene rings is 11. The number of rotatable bonds is 8. The first-order valence-electron chi connectivity index (χ1n) is 23.4. The van der Waals surface area contributed by atoms with Crippen molar-refractivity contribution in [2.45, 2.75) is 0 Å². The van der Waals surface area contributed by atoms with E-state index in [1.54, 1.807) is 0 Å². The van der Waals surface area contributed by atoms with Crippen LogP contribution in [0, 0.1) is 0 Å². The van der Waals surface area contributed by atoms with Gasteiger partial charge in [0.15, 0.2) is 0 Å². The number of anilines is 9. The molecule has 1 aliphatic heterocycles. The van der Waals surface area contributed by atoms with Crippen LogP contribution in [0.3, 0.4) is 0 Å². The standard InChI is InChI=1S/C64H41N3S2/c1-4-15-43(16-5-1)65(44-17-6-2-7-18-44)48-32-37-62-56(40-48)57-41-49(33-38-63(57)69-62)67-58-25-12-10-21-51(58)54-24-14-23-53-50(34-35-59(67)64(53)54)42-27-29-46(30-28-42)66(45-19-8-3-9-20-45)47-31-36-61-55(39-47)52-22-11-13-26-60(52)68-61/h1-41H. The average Bonchev–Trinajstić information content (AvgIpc) is 3.98. The molecule has 0 saturated carbocycles. The molecule has 0 N–H and O–H groups in total. The molecule has 0 amide bonds. The van der Waals surface area contributed by atoms with E-state index in [0.29, 0.717) is 0 Å². The van der Waals surface area contributed by atoms with Crippen molar-refractivity contribution in [3.8, 4) is 22.3 Å². The molecule has 3 heterocycles. The average molecular weight is 916 g/mol. The Hall–Kier alpha value is -8.48. The van der Waals surface area contributed by atoms with Crippen molar-refractivity contribution in [2.24, 2.45) is 0 Å². The van der Waals surface area contributed by atoms with Crippen LogP contribution in [0.25, 0.3) is 73.4 Å². The van der Waals surface area contributed by atoms with Gasteiger partial charge in [-0.25, -0.2) is 0 Å². The van der Waals surface area contributed by atoms with Crippen molar-refractivity contribution in [3.63, 3.8) is 0 Å². The van der Waals surface area contributed by atoms with Crippen LogP contribution in [0.4, 0.5) is 51.2 Å². The van der Waals surface area contributed by atoms with Gasteiger partial charge in [0.1, 0.15) is 0 Å². The smallest absolute Gasteiger partial charge is 0.0547 e. The van der Waals surface area contributed by atoms with Crippen LogP contribution in [0.15, 0.2) is 249 Å². The van der Waals surface area contributed by atoms with E-state index in [4.69, 9.17) is 0 Å². The second-order valence-electron chi connectivity index (χ2n) is 17.7. The van der Waals surface area contributed by atoms with Gasteiger partial charge in [0.05, 0.1) is 11.4 Å². The zero-order valence-electron chi connectivity index (χ0n) is 37.3. The fourth-order valence-corrected chi connectivity index (χ4v) is 12.8. The van der Waals surface area contributed by atoms with Crippen LogP contribution in [-0.2, 0) is 0 Å².